The number of aliphatic imine (C=N–C) groups is 1. The summed E-state index contributed by atoms with van der Waals surface area (Å²) in [6, 6.07) is 3.88. The number of pyridine rings is 1. The van der Waals surface area contributed by atoms with Crippen LogP contribution < -0.4 is 16.0 Å². The minimum atomic E-state index is 0.889. The van der Waals surface area contributed by atoms with Crippen molar-refractivity contribution in [2.24, 2.45) is 10.7 Å². The molecule has 0 aromatic carbocycles. The van der Waals surface area contributed by atoms with Crippen LogP contribution in [-0.4, -0.2) is 37.4 Å². The number of hydrogen-bond donors (Lipinski definition) is 2. The quantitative estimate of drug-likeness (QED) is 0.781. The van der Waals surface area contributed by atoms with Crippen molar-refractivity contribution in [1.29, 1.82) is 0 Å². The Bertz CT molecular complexity index is 446. The molecule has 0 unspecified atom stereocenters. The van der Waals surface area contributed by atoms with Crippen molar-refractivity contribution in [2.45, 2.75) is 6.92 Å². The Balaban J connectivity index is 2.22. The number of nitrogens with two attached hydrogens (primary N) is 1. The standard InChI is InChI=1S/C13H19N5/c1-11(9-14)10-17-12-3-2-4-16-13(12)18-7-5-15-6-8-18/h2-4,9-10,15H,5-8,14H2,1H3. The lowest BCUT2D eigenvalue weighted by molar-refractivity contribution is 0.585. The Hall–Kier alpha value is -1.88. The molecular formula is C13H19N5. The topological polar surface area (TPSA) is 66.5 Å². The first kappa shape index (κ1) is 12.6. The molecule has 2 rings (SSSR count). The zero-order valence-corrected chi connectivity index (χ0v) is 10.6. The van der Waals surface area contributed by atoms with Crippen LogP contribution in [0.4, 0.5) is 11.5 Å². The van der Waals surface area contributed by atoms with Gasteiger partial charge in [-0.2, -0.15) is 0 Å². The fourth-order valence-corrected chi connectivity index (χ4v) is 1.82. The van der Waals surface area contributed by atoms with Gasteiger partial charge in [0.25, 0.3) is 0 Å². The Morgan fingerprint density at radius 3 is 3.00 bits per heavy atom. The Labute approximate surface area is 107 Å². The van der Waals surface area contributed by atoms with Crippen molar-refractivity contribution in [3.8, 4) is 0 Å². The van der Waals surface area contributed by atoms with Gasteiger partial charge in [0.15, 0.2) is 5.82 Å². The zero-order valence-electron chi connectivity index (χ0n) is 10.6. The van der Waals surface area contributed by atoms with E-state index in [4.69, 9.17) is 5.73 Å². The van der Waals surface area contributed by atoms with Gasteiger partial charge in [-0.3, -0.25) is 4.99 Å². The molecule has 0 spiro atoms. The average molecular weight is 245 g/mol. The third kappa shape index (κ3) is 3.07. The molecule has 0 radical (unpaired) electrons. The maximum Gasteiger partial charge on any atom is 0.154 e. The van der Waals surface area contributed by atoms with E-state index in [1.54, 1.807) is 12.4 Å². The van der Waals surface area contributed by atoms with Crippen molar-refractivity contribution >= 4 is 17.7 Å². The second-order valence-corrected chi connectivity index (χ2v) is 4.25. The minimum absolute atomic E-state index is 0.889. The molecule has 1 aliphatic rings. The first-order chi connectivity index (χ1) is 8.81. The number of nitrogens with one attached hydrogen (secondary N) is 1. The molecule has 1 saturated heterocycles. The SMILES string of the molecule is CC(C=Nc1cccnc1N1CCNCC1)=CN. The van der Waals surface area contributed by atoms with Crippen LogP contribution in [0.15, 0.2) is 35.1 Å². The van der Waals surface area contributed by atoms with Gasteiger partial charge >= 0.3 is 0 Å². The van der Waals surface area contributed by atoms with Crippen LogP contribution in [-0.2, 0) is 0 Å². The summed E-state index contributed by atoms with van der Waals surface area (Å²) in [4.78, 5) is 11.1. The second kappa shape index (κ2) is 6.16. The molecule has 96 valence electrons. The lowest BCUT2D eigenvalue weighted by Gasteiger charge is -2.29. The van der Waals surface area contributed by atoms with E-state index in [0.29, 0.717) is 0 Å². The highest BCUT2D eigenvalue weighted by Crippen LogP contribution is 2.25. The fourth-order valence-electron chi connectivity index (χ4n) is 1.82. The van der Waals surface area contributed by atoms with E-state index in [0.717, 1.165) is 43.3 Å². The molecule has 3 N–H and O–H groups in total. The van der Waals surface area contributed by atoms with Gasteiger partial charge in [0.05, 0.1) is 0 Å². The summed E-state index contributed by atoms with van der Waals surface area (Å²) in [7, 11) is 0. The van der Waals surface area contributed by atoms with Crippen LogP contribution in [0.2, 0.25) is 0 Å². The summed E-state index contributed by atoms with van der Waals surface area (Å²) in [6.45, 7) is 5.82. The number of allylic oxidation sites excluding steroid dienone is 1. The predicted octanol–water partition coefficient (Wildman–Crippen LogP) is 1.06. The third-order valence-corrected chi connectivity index (χ3v) is 2.85. The Morgan fingerprint density at radius 2 is 2.28 bits per heavy atom. The summed E-state index contributed by atoms with van der Waals surface area (Å²) in [5.74, 6) is 0.945. The third-order valence-electron chi connectivity index (χ3n) is 2.85. The molecule has 5 nitrogen and oxygen atoms in total. The number of anilines is 1. The monoisotopic (exact) mass is 245 g/mol. The first-order valence-electron chi connectivity index (χ1n) is 6.14. The van der Waals surface area contributed by atoms with Crippen LogP contribution in [0.3, 0.4) is 0 Å². The second-order valence-electron chi connectivity index (χ2n) is 4.25. The lowest BCUT2D eigenvalue weighted by Crippen LogP contribution is -2.43. The number of nitrogens with zero attached hydrogens (tertiary/aromatic N) is 3. The normalized spacial score (nSPS) is 17.4. The van der Waals surface area contributed by atoms with E-state index in [9.17, 15) is 0 Å². The van der Waals surface area contributed by atoms with Crippen LogP contribution in [0.25, 0.3) is 0 Å². The van der Waals surface area contributed by atoms with Gasteiger partial charge in [-0.05, 0) is 30.8 Å². The van der Waals surface area contributed by atoms with Crippen molar-refractivity contribution < 1.29 is 0 Å². The van der Waals surface area contributed by atoms with Gasteiger partial charge in [0.2, 0.25) is 0 Å². The molecule has 0 aliphatic carbocycles. The molecule has 1 aromatic heterocycles. The highest BCUT2D eigenvalue weighted by molar-refractivity contribution is 5.82. The van der Waals surface area contributed by atoms with Crippen LogP contribution in [0.1, 0.15) is 6.92 Å². The van der Waals surface area contributed by atoms with Gasteiger partial charge in [-0.1, -0.05) is 0 Å². The van der Waals surface area contributed by atoms with Crippen molar-refractivity contribution in [3.05, 3.63) is 30.1 Å². The molecule has 1 aliphatic heterocycles. The Morgan fingerprint density at radius 1 is 1.50 bits per heavy atom. The van der Waals surface area contributed by atoms with Gasteiger partial charge in [0, 0.05) is 38.6 Å². The molecule has 1 fully saturated rings. The van der Waals surface area contributed by atoms with E-state index in [-0.39, 0.29) is 0 Å². The van der Waals surface area contributed by atoms with E-state index in [2.05, 4.69) is 20.2 Å². The summed E-state index contributed by atoms with van der Waals surface area (Å²) >= 11 is 0. The maximum absolute atomic E-state index is 5.43. The largest absolute Gasteiger partial charge is 0.404 e. The van der Waals surface area contributed by atoms with E-state index >= 15 is 0 Å². The van der Waals surface area contributed by atoms with Gasteiger partial charge in [-0.25, -0.2) is 4.98 Å². The summed E-state index contributed by atoms with van der Waals surface area (Å²) < 4.78 is 0. The molecule has 5 heteroatoms. The van der Waals surface area contributed by atoms with Crippen molar-refractivity contribution in [1.82, 2.24) is 10.3 Å². The molecule has 1 aromatic rings. The van der Waals surface area contributed by atoms with Gasteiger partial charge in [0.1, 0.15) is 5.69 Å². The molecule has 0 atom stereocenters. The molecule has 18 heavy (non-hydrogen) atoms. The lowest BCUT2D eigenvalue weighted by atomic mass is 10.3. The fraction of sp³-hybridized carbons (Fsp3) is 0.385. The summed E-state index contributed by atoms with van der Waals surface area (Å²) in [5, 5.41) is 3.33. The molecule has 0 amide bonds. The highest BCUT2D eigenvalue weighted by atomic mass is 15.2. The maximum atomic E-state index is 5.43. The Kier molecular flexibility index (Phi) is 4.30. The number of rotatable bonds is 3. The van der Waals surface area contributed by atoms with Crippen LogP contribution in [0, 0.1) is 0 Å². The molecular weight excluding hydrogens is 226 g/mol. The average Bonchev–Trinajstić information content (AvgIpc) is 2.46. The summed E-state index contributed by atoms with van der Waals surface area (Å²) in [6.07, 6.45) is 5.12. The van der Waals surface area contributed by atoms with Crippen LogP contribution >= 0.6 is 0 Å². The molecule has 0 bridgehead atoms. The van der Waals surface area contributed by atoms with Gasteiger partial charge < -0.3 is 16.0 Å². The van der Waals surface area contributed by atoms with Gasteiger partial charge in [-0.15, -0.1) is 0 Å². The van der Waals surface area contributed by atoms with Crippen molar-refractivity contribution in [2.75, 3.05) is 31.1 Å². The molecule has 2 heterocycles. The van der Waals surface area contributed by atoms with E-state index in [1.807, 2.05) is 25.3 Å². The van der Waals surface area contributed by atoms with Crippen molar-refractivity contribution in [3.63, 3.8) is 0 Å². The van der Waals surface area contributed by atoms with Crippen LogP contribution in [0.5, 0.6) is 0 Å². The predicted molar refractivity (Wildman–Crippen MR) is 75.4 cm³/mol. The number of hydrogen-bond acceptors (Lipinski definition) is 5. The number of piperazine rings is 1. The first-order valence-corrected chi connectivity index (χ1v) is 6.14. The van der Waals surface area contributed by atoms with E-state index in [1.165, 1.54) is 0 Å². The highest BCUT2D eigenvalue weighted by Gasteiger charge is 2.14. The smallest absolute Gasteiger partial charge is 0.154 e. The molecule has 0 saturated carbocycles. The zero-order chi connectivity index (χ0) is 12.8. The number of aromatic nitrogens is 1. The minimum Gasteiger partial charge on any atom is -0.404 e. The summed E-state index contributed by atoms with van der Waals surface area (Å²) in [5.41, 5.74) is 7.25. The van der Waals surface area contributed by atoms with E-state index < -0.39 is 0 Å².